The molecule has 40 heavy (non-hydrogen) atoms. The van der Waals surface area contributed by atoms with Crippen LogP contribution in [0.1, 0.15) is 32.3 Å². The Bertz CT molecular complexity index is 1380. The van der Waals surface area contributed by atoms with Gasteiger partial charge in [-0.1, -0.05) is 41.4 Å². The van der Waals surface area contributed by atoms with Crippen molar-refractivity contribution in [1.82, 2.24) is 16.0 Å². The first-order valence-corrected chi connectivity index (χ1v) is 13.0. The van der Waals surface area contributed by atoms with E-state index in [0.29, 0.717) is 32.7 Å². The van der Waals surface area contributed by atoms with Gasteiger partial charge in [0.2, 0.25) is 0 Å². The molecule has 4 rings (SSSR count). The second-order valence-corrected chi connectivity index (χ2v) is 9.40. The van der Waals surface area contributed by atoms with Crippen LogP contribution in [-0.4, -0.2) is 49.6 Å². The maximum Gasteiger partial charge on any atom is 0.336 e. The zero-order chi connectivity index (χ0) is 29.4. The van der Waals surface area contributed by atoms with E-state index < -0.39 is 22.8 Å². The van der Waals surface area contributed by atoms with Gasteiger partial charge in [-0.3, -0.25) is 10.1 Å². The number of hydrogen-bond donors (Lipinski definition) is 3. The minimum absolute atomic E-state index is 0.135. The fourth-order valence-corrected chi connectivity index (χ4v) is 4.70. The molecule has 1 saturated heterocycles. The Morgan fingerprint density at radius 2 is 1.60 bits per heavy atom. The van der Waals surface area contributed by atoms with Crippen LogP contribution in [0.25, 0.3) is 0 Å². The molecule has 0 saturated carbocycles. The molecule has 2 aliphatic rings. The number of methoxy groups -OCH3 is 1. The Balaban J connectivity index is 0.000000263. The van der Waals surface area contributed by atoms with E-state index in [1.54, 1.807) is 45.0 Å². The SMILES string of the molecule is CCOC(=O)C1=C(C)NC(C)=C(C(=O)OC)C1c1cccc([N+](=O)[O-])c1.Clc1cccc(Cl)c1N=C1NCCN1. The molecule has 0 amide bonds. The standard InChI is InChI=1S/C18H20N2O6.C9H9Cl2N3/c1-5-26-18(22)15-11(3)19-10(2)14(17(21)25-4)16(15)12-7-6-8-13(9-12)20(23)24;10-6-2-1-3-7(11)8(6)14-9-12-4-5-13-9/h6-9,16,19H,5H2,1-4H3;1-3H,4-5H2,(H2,12,13,14). The maximum absolute atomic E-state index is 12.5. The highest BCUT2D eigenvalue weighted by Crippen LogP contribution is 2.40. The van der Waals surface area contributed by atoms with E-state index in [-0.39, 0.29) is 23.4 Å². The van der Waals surface area contributed by atoms with Crippen molar-refractivity contribution in [1.29, 1.82) is 0 Å². The summed E-state index contributed by atoms with van der Waals surface area (Å²) in [5.74, 6) is -1.33. The number of nitro groups is 1. The lowest BCUT2D eigenvalue weighted by Gasteiger charge is -2.30. The lowest BCUT2D eigenvalue weighted by Crippen LogP contribution is -2.32. The van der Waals surface area contributed by atoms with Crippen molar-refractivity contribution >= 4 is 52.5 Å². The van der Waals surface area contributed by atoms with Crippen LogP contribution in [0, 0.1) is 10.1 Å². The van der Waals surface area contributed by atoms with Crippen LogP contribution in [0.15, 0.2) is 70.0 Å². The minimum Gasteiger partial charge on any atom is -0.466 e. The van der Waals surface area contributed by atoms with Gasteiger partial charge in [-0.15, -0.1) is 0 Å². The van der Waals surface area contributed by atoms with Gasteiger partial charge in [-0.25, -0.2) is 14.6 Å². The number of hydrogen-bond acceptors (Lipinski definition) is 8. The Morgan fingerprint density at radius 1 is 1.02 bits per heavy atom. The molecular weight excluding hydrogens is 561 g/mol. The number of para-hydroxylation sites is 1. The predicted molar refractivity (Wildman–Crippen MR) is 153 cm³/mol. The second kappa shape index (κ2) is 13.8. The van der Waals surface area contributed by atoms with E-state index in [2.05, 4.69) is 20.9 Å². The molecule has 2 aromatic carbocycles. The molecule has 11 nitrogen and oxygen atoms in total. The third-order valence-electron chi connectivity index (χ3n) is 5.95. The number of rotatable bonds is 6. The molecule has 0 radical (unpaired) electrons. The van der Waals surface area contributed by atoms with E-state index in [1.807, 2.05) is 0 Å². The number of esters is 2. The van der Waals surface area contributed by atoms with Crippen LogP contribution in [0.4, 0.5) is 11.4 Å². The van der Waals surface area contributed by atoms with Crippen molar-refractivity contribution in [3.63, 3.8) is 0 Å². The first kappa shape index (κ1) is 30.5. The Labute approximate surface area is 241 Å². The van der Waals surface area contributed by atoms with E-state index >= 15 is 0 Å². The molecule has 0 aromatic heterocycles. The van der Waals surface area contributed by atoms with Crippen molar-refractivity contribution in [3.8, 4) is 0 Å². The molecule has 3 N–H and O–H groups in total. The molecule has 212 valence electrons. The summed E-state index contributed by atoms with van der Waals surface area (Å²) in [4.78, 5) is 39.8. The molecule has 13 heteroatoms. The summed E-state index contributed by atoms with van der Waals surface area (Å²) in [7, 11) is 1.24. The first-order chi connectivity index (χ1) is 19.1. The molecule has 1 unspecified atom stereocenters. The second-order valence-electron chi connectivity index (χ2n) is 8.58. The third kappa shape index (κ3) is 7.10. The lowest BCUT2D eigenvalue weighted by atomic mass is 9.80. The Morgan fingerprint density at radius 3 is 2.15 bits per heavy atom. The summed E-state index contributed by atoms with van der Waals surface area (Å²) < 4.78 is 10.0. The van der Waals surface area contributed by atoms with Crippen LogP contribution >= 0.6 is 23.2 Å². The average molecular weight is 590 g/mol. The number of carbonyl (C=O) groups excluding carboxylic acids is 2. The van der Waals surface area contributed by atoms with Crippen molar-refractivity contribution in [2.45, 2.75) is 26.7 Å². The molecule has 0 spiro atoms. The summed E-state index contributed by atoms with van der Waals surface area (Å²) in [5, 5.41) is 21.4. The molecule has 0 aliphatic carbocycles. The number of benzene rings is 2. The summed E-state index contributed by atoms with van der Waals surface area (Å²) in [5.41, 5.74) is 2.36. The van der Waals surface area contributed by atoms with Crippen molar-refractivity contribution in [3.05, 3.63) is 90.7 Å². The number of non-ortho nitro benzene ring substituents is 1. The van der Waals surface area contributed by atoms with Crippen LogP contribution in [0.5, 0.6) is 0 Å². The largest absolute Gasteiger partial charge is 0.466 e. The zero-order valence-electron chi connectivity index (χ0n) is 22.3. The quantitative estimate of drug-likeness (QED) is 0.247. The average Bonchev–Trinajstić information content (AvgIpc) is 3.44. The van der Waals surface area contributed by atoms with Crippen LogP contribution < -0.4 is 16.0 Å². The molecule has 1 atom stereocenters. The predicted octanol–water partition coefficient (Wildman–Crippen LogP) is 4.74. The maximum atomic E-state index is 12.5. The van der Waals surface area contributed by atoms with E-state index in [1.165, 1.54) is 25.3 Å². The summed E-state index contributed by atoms with van der Waals surface area (Å²) in [6.07, 6.45) is 0. The molecule has 2 aromatic rings. The minimum atomic E-state index is -0.831. The number of dihydropyridines is 1. The van der Waals surface area contributed by atoms with Gasteiger partial charge in [-0.2, -0.15) is 0 Å². The van der Waals surface area contributed by atoms with Crippen molar-refractivity contribution < 1.29 is 24.0 Å². The molecule has 2 heterocycles. The lowest BCUT2D eigenvalue weighted by molar-refractivity contribution is -0.384. The van der Waals surface area contributed by atoms with Gasteiger partial charge < -0.3 is 25.4 Å². The third-order valence-corrected chi connectivity index (χ3v) is 6.56. The zero-order valence-corrected chi connectivity index (χ0v) is 23.9. The number of ether oxygens (including phenoxy) is 2. The molecule has 0 bridgehead atoms. The van der Waals surface area contributed by atoms with Crippen molar-refractivity contribution in [2.24, 2.45) is 4.99 Å². The number of guanidine groups is 1. The smallest absolute Gasteiger partial charge is 0.336 e. The number of carbonyl (C=O) groups is 2. The topological polar surface area (TPSA) is 144 Å². The monoisotopic (exact) mass is 589 g/mol. The number of aliphatic imine (C=N–C) groups is 1. The van der Waals surface area contributed by atoms with Gasteiger partial charge in [0.05, 0.1) is 45.7 Å². The van der Waals surface area contributed by atoms with Crippen LogP contribution in [0.2, 0.25) is 10.0 Å². The molecular formula is C27H29Cl2N5O6. The van der Waals surface area contributed by atoms with Crippen molar-refractivity contribution in [2.75, 3.05) is 26.8 Å². The Kier molecular flexibility index (Phi) is 10.5. The first-order valence-electron chi connectivity index (χ1n) is 12.3. The highest BCUT2D eigenvalue weighted by molar-refractivity contribution is 6.38. The fraction of sp³-hybridized carbons (Fsp3) is 0.296. The van der Waals surface area contributed by atoms with Gasteiger partial charge in [0.25, 0.3) is 5.69 Å². The number of halogens is 2. The van der Waals surface area contributed by atoms with Gasteiger partial charge in [0.1, 0.15) is 5.69 Å². The van der Waals surface area contributed by atoms with E-state index in [9.17, 15) is 19.7 Å². The van der Waals surface area contributed by atoms with Gasteiger partial charge in [0.15, 0.2) is 5.96 Å². The number of nitrogens with one attached hydrogen (secondary N) is 3. The summed E-state index contributed by atoms with van der Waals surface area (Å²) in [6, 6.07) is 11.2. The summed E-state index contributed by atoms with van der Waals surface area (Å²) in [6.45, 7) is 6.96. The van der Waals surface area contributed by atoms with E-state index in [0.717, 1.165) is 19.0 Å². The highest BCUT2D eigenvalue weighted by atomic mass is 35.5. The normalized spacial score (nSPS) is 16.1. The fourth-order valence-electron chi connectivity index (χ4n) is 4.22. The summed E-state index contributed by atoms with van der Waals surface area (Å²) >= 11 is 11.9. The number of allylic oxidation sites excluding steroid dienone is 2. The van der Waals surface area contributed by atoms with Gasteiger partial charge >= 0.3 is 11.9 Å². The Hall–Kier alpha value is -4.09. The highest BCUT2D eigenvalue weighted by Gasteiger charge is 2.38. The van der Waals surface area contributed by atoms with E-state index in [4.69, 9.17) is 32.7 Å². The molecule has 1 fully saturated rings. The number of nitro benzene ring substituents is 1. The van der Waals surface area contributed by atoms with Crippen LogP contribution in [0.3, 0.4) is 0 Å². The number of nitrogens with zero attached hydrogens (tertiary/aromatic N) is 2. The van der Waals surface area contributed by atoms with Crippen LogP contribution in [-0.2, 0) is 19.1 Å². The molecule has 2 aliphatic heterocycles. The van der Waals surface area contributed by atoms with Gasteiger partial charge in [-0.05, 0) is 38.5 Å². The van der Waals surface area contributed by atoms with Gasteiger partial charge in [0, 0.05) is 36.6 Å².